The molecule has 0 radical (unpaired) electrons. The van der Waals surface area contributed by atoms with Crippen LogP contribution >= 0.6 is 0 Å². The molecule has 1 rings (SSSR count). The van der Waals surface area contributed by atoms with E-state index in [0.29, 0.717) is 5.56 Å². The summed E-state index contributed by atoms with van der Waals surface area (Å²) in [6, 6.07) is 3.41. The second-order valence-electron chi connectivity index (χ2n) is 7.59. The molecule has 0 saturated carbocycles. The Kier molecular flexibility index (Phi) is 11.2. The van der Waals surface area contributed by atoms with Gasteiger partial charge >= 0.3 is 11.9 Å². The molecule has 13 nitrogen and oxygen atoms in total. The molecule has 0 aliphatic rings. The fourth-order valence-corrected chi connectivity index (χ4v) is 2.83. The van der Waals surface area contributed by atoms with E-state index in [9.17, 15) is 33.9 Å². The van der Waals surface area contributed by atoms with E-state index in [2.05, 4.69) is 16.0 Å². The van der Waals surface area contributed by atoms with Gasteiger partial charge < -0.3 is 37.6 Å². The summed E-state index contributed by atoms with van der Waals surface area (Å²) in [5.41, 5.74) is 11.3. The highest BCUT2D eigenvalue weighted by Gasteiger charge is 2.29. The number of hydrogen-bond donors (Lipinski definition) is 7. The van der Waals surface area contributed by atoms with Crippen LogP contribution in [-0.2, 0) is 35.2 Å². The fourth-order valence-electron chi connectivity index (χ4n) is 2.83. The first-order valence-corrected chi connectivity index (χ1v) is 10.3. The first kappa shape index (κ1) is 28.0. The Labute approximate surface area is 195 Å². The monoisotopic (exact) mass is 479 g/mol. The summed E-state index contributed by atoms with van der Waals surface area (Å²) in [7, 11) is 0. The van der Waals surface area contributed by atoms with Crippen LogP contribution in [0.15, 0.2) is 30.3 Å². The number of carboxylic acid groups (broad SMARTS) is 2. The Bertz CT molecular complexity index is 908. The molecule has 0 aliphatic carbocycles. The smallest absolute Gasteiger partial charge is 0.326 e. The van der Waals surface area contributed by atoms with Crippen LogP contribution in [0.1, 0.15) is 31.7 Å². The van der Waals surface area contributed by atoms with Gasteiger partial charge in [-0.25, -0.2) is 4.79 Å². The predicted molar refractivity (Wildman–Crippen MR) is 118 cm³/mol. The average Bonchev–Trinajstić information content (AvgIpc) is 2.76. The normalized spacial score (nSPS) is 14.1. The highest BCUT2D eigenvalue weighted by atomic mass is 16.4. The van der Waals surface area contributed by atoms with Crippen molar-refractivity contribution in [1.29, 1.82) is 0 Å². The number of carbonyl (C=O) groups is 6. The quantitative estimate of drug-likeness (QED) is 0.154. The Hall–Kier alpha value is -4.00. The van der Waals surface area contributed by atoms with E-state index in [0.717, 1.165) is 0 Å². The van der Waals surface area contributed by atoms with Crippen molar-refractivity contribution in [2.45, 2.75) is 56.8 Å². The standard InChI is InChI=1S/C21H29N5O8/c1-11(24-19(31)13(22)7-8-17(28)29)18(30)25-14(9-12-5-3-2-4-6-12)20(32)26-15(21(33)34)10-16(23)27/h2-6,11,13-15H,7-10,22H2,1H3,(H2,23,27)(H,24,31)(H,25,30)(H,26,32)(H,28,29)(H,33,34). The molecule has 9 N–H and O–H groups in total. The van der Waals surface area contributed by atoms with Gasteiger partial charge in [0, 0.05) is 12.8 Å². The van der Waals surface area contributed by atoms with Crippen LogP contribution in [-0.4, -0.2) is 69.9 Å². The van der Waals surface area contributed by atoms with Crippen molar-refractivity contribution in [2.75, 3.05) is 0 Å². The third kappa shape index (κ3) is 10.1. The second kappa shape index (κ2) is 13.5. The predicted octanol–water partition coefficient (Wildman–Crippen LogP) is -2.14. The summed E-state index contributed by atoms with van der Waals surface area (Å²) < 4.78 is 0. The number of hydrogen-bond acceptors (Lipinski definition) is 7. The van der Waals surface area contributed by atoms with E-state index in [-0.39, 0.29) is 19.3 Å². The van der Waals surface area contributed by atoms with Gasteiger partial charge in [0.25, 0.3) is 0 Å². The van der Waals surface area contributed by atoms with Gasteiger partial charge in [0.2, 0.25) is 23.6 Å². The summed E-state index contributed by atoms with van der Waals surface area (Å²) >= 11 is 0. The molecule has 4 atom stereocenters. The van der Waals surface area contributed by atoms with Gasteiger partial charge in [0.05, 0.1) is 12.5 Å². The molecule has 0 spiro atoms. The molecule has 186 valence electrons. The van der Waals surface area contributed by atoms with Gasteiger partial charge in [0.15, 0.2) is 0 Å². The zero-order chi connectivity index (χ0) is 25.8. The third-order valence-electron chi connectivity index (χ3n) is 4.69. The number of aliphatic carboxylic acids is 2. The van der Waals surface area contributed by atoms with E-state index < -0.39 is 66.2 Å². The lowest BCUT2D eigenvalue weighted by atomic mass is 10.0. The lowest BCUT2D eigenvalue weighted by molar-refractivity contribution is -0.143. The Balaban J connectivity index is 2.91. The highest BCUT2D eigenvalue weighted by molar-refractivity contribution is 5.94. The van der Waals surface area contributed by atoms with Crippen LogP contribution in [0, 0.1) is 0 Å². The molecule has 0 aromatic heterocycles. The van der Waals surface area contributed by atoms with Gasteiger partial charge in [-0.05, 0) is 18.9 Å². The van der Waals surface area contributed by atoms with Crippen LogP contribution in [0.5, 0.6) is 0 Å². The number of nitrogens with one attached hydrogen (secondary N) is 3. The number of carbonyl (C=O) groups excluding carboxylic acids is 4. The maximum absolute atomic E-state index is 12.8. The fraction of sp³-hybridized carbons (Fsp3) is 0.429. The van der Waals surface area contributed by atoms with Crippen molar-refractivity contribution < 1.29 is 39.0 Å². The minimum atomic E-state index is -1.59. The average molecular weight is 479 g/mol. The minimum absolute atomic E-state index is 0.0138. The number of benzene rings is 1. The maximum atomic E-state index is 12.8. The lowest BCUT2D eigenvalue weighted by Gasteiger charge is -2.23. The largest absolute Gasteiger partial charge is 0.481 e. The van der Waals surface area contributed by atoms with Crippen LogP contribution < -0.4 is 27.4 Å². The molecule has 0 heterocycles. The second-order valence-corrected chi connectivity index (χ2v) is 7.59. The van der Waals surface area contributed by atoms with E-state index >= 15 is 0 Å². The highest BCUT2D eigenvalue weighted by Crippen LogP contribution is 2.05. The van der Waals surface area contributed by atoms with Crippen molar-refractivity contribution >= 4 is 35.6 Å². The first-order valence-electron chi connectivity index (χ1n) is 10.3. The van der Waals surface area contributed by atoms with E-state index in [1.165, 1.54) is 6.92 Å². The molecule has 0 saturated heterocycles. The van der Waals surface area contributed by atoms with Crippen molar-refractivity contribution in [3.8, 4) is 0 Å². The van der Waals surface area contributed by atoms with Gasteiger partial charge in [-0.2, -0.15) is 0 Å². The molecule has 13 heteroatoms. The van der Waals surface area contributed by atoms with Crippen LogP contribution in [0.25, 0.3) is 0 Å². The van der Waals surface area contributed by atoms with Gasteiger partial charge in [-0.1, -0.05) is 30.3 Å². The Morgan fingerprint density at radius 3 is 2.00 bits per heavy atom. The summed E-state index contributed by atoms with van der Waals surface area (Å²) in [5.74, 6) is -5.93. The number of carboxylic acids is 2. The van der Waals surface area contributed by atoms with Gasteiger partial charge in [-0.15, -0.1) is 0 Å². The molecule has 34 heavy (non-hydrogen) atoms. The third-order valence-corrected chi connectivity index (χ3v) is 4.69. The molecule has 0 fully saturated rings. The van der Waals surface area contributed by atoms with Crippen molar-refractivity contribution in [1.82, 2.24) is 16.0 Å². The maximum Gasteiger partial charge on any atom is 0.326 e. The Morgan fingerprint density at radius 1 is 0.882 bits per heavy atom. The van der Waals surface area contributed by atoms with Gasteiger partial charge in [-0.3, -0.25) is 24.0 Å². The molecule has 4 amide bonds. The molecule has 1 aromatic carbocycles. The zero-order valence-electron chi connectivity index (χ0n) is 18.5. The van der Waals surface area contributed by atoms with Crippen LogP contribution in [0.2, 0.25) is 0 Å². The molecule has 0 bridgehead atoms. The zero-order valence-corrected chi connectivity index (χ0v) is 18.5. The van der Waals surface area contributed by atoms with Crippen LogP contribution in [0.3, 0.4) is 0 Å². The SMILES string of the molecule is CC(NC(=O)C(N)CCC(=O)O)C(=O)NC(Cc1ccccc1)C(=O)NC(CC(N)=O)C(=O)O. The Morgan fingerprint density at radius 2 is 1.47 bits per heavy atom. The minimum Gasteiger partial charge on any atom is -0.481 e. The molecule has 1 aromatic rings. The van der Waals surface area contributed by atoms with E-state index in [1.54, 1.807) is 30.3 Å². The number of primary amides is 1. The van der Waals surface area contributed by atoms with Crippen LogP contribution in [0.4, 0.5) is 0 Å². The van der Waals surface area contributed by atoms with E-state index in [1.807, 2.05) is 0 Å². The molecular weight excluding hydrogens is 450 g/mol. The number of rotatable bonds is 14. The van der Waals surface area contributed by atoms with Crippen molar-refractivity contribution in [3.05, 3.63) is 35.9 Å². The van der Waals surface area contributed by atoms with Crippen molar-refractivity contribution in [2.24, 2.45) is 11.5 Å². The summed E-state index contributed by atoms with van der Waals surface area (Å²) in [6.07, 6.45) is -1.12. The summed E-state index contributed by atoms with van der Waals surface area (Å²) in [6.45, 7) is 1.34. The van der Waals surface area contributed by atoms with Crippen molar-refractivity contribution in [3.63, 3.8) is 0 Å². The summed E-state index contributed by atoms with van der Waals surface area (Å²) in [4.78, 5) is 70.6. The molecule has 4 unspecified atom stereocenters. The van der Waals surface area contributed by atoms with Gasteiger partial charge in [0.1, 0.15) is 18.1 Å². The lowest BCUT2D eigenvalue weighted by Crippen LogP contribution is -2.57. The first-order chi connectivity index (χ1) is 15.9. The summed E-state index contributed by atoms with van der Waals surface area (Å²) in [5, 5.41) is 24.9. The topological polar surface area (TPSA) is 231 Å². The van der Waals surface area contributed by atoms with E-state index in [4.69, 9.17) is 16.6 Å². The molecule has 0 aliphatic heterocycles. The number of amides is 4. The number of nitrogens with two attached hydrogens (primary N) is 2. The molecular formula is C21H29N5O8.